The van der Waals surface area contributed by atoms with Crippen molar-refractivity contribution in [2.24, 2.45) is 0 Å². The minimum atomic E-state index is -0.0111. The number of likely N-dealkylation sites (tertiary alicyclic amines) is 1. The Hall–Kier alpha value is -1.30. The Bertz CT molecular complexity index is 514. The van der Waals surface area contributed by atoms with Crippen LogP contribution in [-0.2, 0) is 16.0 Å². The molecule has 0 amide bonds. The van der Waals surface area contributed by atoms with Gasteiger partial charge in [-0.15, -0.1) is 0 Å². The molecule has 128 valence electrons. The monoisotopic (exact) mass is 321 g/mol. The molecule has 2 saturated heterocycles. The summed E-state index contributed by atoms with van der Waals surface area (Å²) in [5.74, 6) is 1.67. The van der Waals surface area contributed by atoms with Crippen LogP contribution >= 0.6 is 0 Å². The molecule has 1 aromatic carbocycles. The molecule has 2 aliphatic heterocycles. The van der Waals surface area contributed by atoms with E-state index in [-0.39, 0.29) is 11.7 Å². The van der Waals surface area contributed by atoms with Gasteiger partial charge in [0.05, 0.1) is 32.5 Å². The minimum Gasteiger partial charge on any atom is -0.497 e. The molecular weight excluding hydrogens is 294 g/mol. The number of methoxy groups -OCH3 is 2. The summed E-state index contributed by atoms with van der Waals surface area (Å²) in [4.78, 5) is 2.45. The van der Waals surface area contributed by atoms with Crippen LogP contribution in [-0.4, -0.2) is 57.1 Å². The summed E-state index contributed by atoms with van der Waals surface area (Å²) in [5.41, 5.74) is 1.19. The molecule has 5 nitrogen and oxygen atoms in total. The standard InChI is InChI=1S/C18H27NO4/c1-4-22-17-10-18(23-12-17)5-6-19(13-18)11-14-7-15(20-2)9-16(8-14)21-3/h7-9,17H,4-6,10-13H2,1-3H3/t17-,18+/m0/s1. The average Bonchev–Trinajstić information content (AvgIpc) is 3.14. The highest BCUT2D eigenvalue weighted by Crippen LogP contribution is 2.37. The Morgan fingerprint density at radius 3 is 2.61 bits per heavy atom. The van der Waals surface area contributed by atoms with Crippen LogP contribution in [0.1, 0.15) is 25.3 Å². The van der Waals surface area contributed by atoms with Gasteiger partial charge in [-0.3, -0.25) is 4.90 Å². The van der Waals surface area contributed by atoms with Crippen LogP contribution in [0.5, 0.6) is 11.5 Å². The highest BCUT2D eigenvalue weighted by molar-refractivity contribution is 5.38. The highest BCUT2D eigenvalue weighted by Gasteiger charge is 2.45. The lowest BCUT2D eigenvalue weighted by atomic mass is 9.98. The van der Waals surface area contributed by atoms with Crippen LogP contribution in [0.4, 0.5) is 0 Å². The predicted molar refractivity (Wildman–Crippen MR) is 88.2 cm³/mol. The van der Waals surface area contributed by atoms with E-state index in [1.54, 1.807) is 14.2 Å². The Labute approximate surface area is 138 Å². The molecule has 2 fully saturated rings. The van der Waals surface area contributed by atoms with Gasteiger partial charge in [0, 0.05) is 38.7 Å². The van der Waals surface area contributed by atoms with Crippen LogP contribution in [0, 0.1) is 0 Å². The summed E-state index contributed by atoms with van der Waals surface area (Å²) < 4.78 is 22.5. The lowest BCUT2D eigenvalue weighted by Crippen LogP contribution is -2.33. The van der Waals surface area contributed by atoms with Crippen molar-refractivity contribution >= 4 is 0 Å². The fourth-order valence-electron chi connectivity index (χ4n) is 3.71. The fourth-order valence-corrected chi connectivity index (χ4v) is 3.71. The van der Waals surface area contributed by atoms with Crippen molar-refractivity contribution in [2.45, 2.75) is 38.0 Å². The highest BCUT2D eigenvalue weighted by atomic mass is 16.6. The van der Waals surface area contributed by atoms with Crippen LogP contribution in [0.2, 0.25) is 0 Å². The molecule has 0 bridgehead atoms. The molecule has 3 rings (SSSR count). The van der Waals surface area contributed by atoms with E-state index in [1.165, 1.54) is 5.56 Å². The first kappa shape index (κ1) is 16.6. The van der Waals surface area contributed by atoms with Crippen molar-refractivity contribution in [2.75, 3.05) is 40.5 Å². The summed E-state index contributed by atoms with van der Waals surface area (Å²) in [6.45, 7) is 6.45. The van der Waals surface area contributed by atoms with Crippen molar-refractivity contribution < 1.29 is 18.9 Å². The summed E-state index contributed by atoms with van der Waals surface area (Å²) in [5, 5.41) is 0. The van der Waals surface area contributed by atoms with Gasteiger partial charge in [-0.1, -0.05) is 0 Å². The van der Waals surface area contributed by atoms with E-state index in [0.29, 0.717) is 0 Å². The van der Waals surface area contributed by atoms with E-state index in [2.05, 4.69) is 17.0 Å². The smallest absolute Gasteiger partial charge is 0.122 e. The summed E-state index contributed by atoms with van der Waals surface area (Å²) in [6.07, 6.45) is 2.35. The first-order valence-electron chi connectivity index (χ1n) is 8.36. The molecule has 0 saturated carbocycles. The number of rotatable bonds is 6. The van der Waals surface area contributed by atoms with Crippen LogP contribution in [0.25, 0.3) is 0 Å². The quantitative estimate of drug-likeness (QED) is 0.805. The third-order valence-corrected chi connectivity index (χ3v) is 4.79. The molecule has 2 atom stereocenters. The molecule has 5 heteroatoms. The van der Waals surface area contributed by atoms with Gasteiger partial charge >= 0.3 is 0 Å². The van der Waals surface area contributed by atoms with Gasteiger partial charge in [0.1, 0.15) is 11.5 Å². The topological polar surface area (TPSA) is 40.2 Å². The molecule has 0 aliphatic carbocycles. The van der Waals surface area contributed by atoms with Crippen molar-refractivity contribution in [1.29, 1.82) is 0 Å². The SMILES string of the molecule is CCO[C@@H]1CO[C@]2(CCN(Cc3cc(OC)cc(OC)c3)C2)C1. The van der Waals surface area contributed by atoms with Crippen molar-refractivity contribution in [1.82, 2.24) is 4.90 Å². The van der Waals surface area contributed by atoms with E-state index < -0.39 is 0 Å². The van der Waals surface area contributed by atoms with Crippen LogP contribution < -0.4 is 9.47 Å². The molecule has 0 radical (unpaired) electrons. The molecule has 1 aromatic rings. The second kappa shape index (κ2) is 7.07. The predicted octanol–water partition coefficient (Wildman–Crippen LogP) is 2.47. The van der Waals surface area contributed by atoms with Gasteiger partial charge in [0.15, 0.2) is 0 Å². The number of nitrogens with zero attached hydrogens (tertiary/aromatic N) is 1. The third kappa shape index (κ3) is 3.79. The molecule has 0 unspecified atom stereocenters. The second-order valence-corrected chi connectivity index (χ2v) is 6.46. The molecule has 0 aromatic heterocycles. The third-order valence-electron chi connectivity index (χ3n) is 4.79. The Balaban J connectivity index is 1.62. The molecular formula is C18H27NO4. The molecule has 23 heavy (non-hydrogen) atoms. The number of hydrogen-bond donors (Lipinski definition) is 0. The van der Waals surface area contributed by atoms with Gasteiger partial charge < -0.3 is 18.9 Å². The molecule has 2 aliphatic rings. The van der Waals surface area contributed by atoms with Gasteiger partial charge in [0.2, 0.25) is 0 Å². The van der Waals surface area contributed by atoms with E-state index in [9.17, 15) is 0 Å². The maximum absolute atomic E-state index is 6.11. The second-order valence-electron chi connectivity index (χ2n) is 6.46. The van der Waals surface area contributed by atoms with Gasteiger partial charge in [-0.05, 0) is 31.0 Å². The zero-order valence-electron chi connectivity index (χ0n) is 14.3. The zero-order valence-corrected chi connectivity index (χ0v) is 14.3. The lowest BCUT2D eigenvalue weighted by molar-refractivity contribution is 0.00318. The van der Waals surface area contributed by atoms with Crippen molar-refractivity contribution in [3.05, 3.63) is 23.8 Å². The number of hydrogen-bond acceptors (Lipinski definition) is 5. The van der Waals surface area contributed by atoms with Crippen LogP contribution in [0.15, 0.2) is 18.2 Å². The lowest BCUT2D eigenvalue weighted by Gasteiger charge is -2.23. The van der Waals surface area contributed by atoms with Crippen molar-refractivity contribution in [3.63, 3.8) is 0 Å². The average molecular weight is 321 g/mol. The zero-order chi connectivity index (χ0) is 16.3. The van der Waals surface area contributed by atoms with Gasteiger partial charge in [0.25, 0.3) is 0 Å². The Morgan fingerprint density at radius 1 is 1.22 bits per heavy atom. The summed E-state index contributed by atoms with van der Waals surface area (Å²) in [6, 6.07) is 6.06. The summed E-state index contributed by atoms with van der Waals surface area (Å²) in [7, 11) is 3.37. The molecule has 0 N–H and O–H groups in total. The van der Waals surface area contributed by atoms with E-state index in [0.717, 1.165) is 57.2 Å². The maximum Gasteiger partial charge on any atom is 0.122 e. The maximum atomic E-state index is 6.11. The first-order valence-corrected chi connectivity index (χ1v) is 8.36. The van der Waals surface area contributed by atoms with E-state index >= 15 is 0 Å². The minimum absolute atomic E-state index is 0.0111. The molecule has 1 spiro atoms. The molecule has 2 heterocycles. The fraction of sp³-hybridized carbons (Fsp3) is 0.667. The number of benzene rings is 1. The van der Waals surface area contributed by atoms with Gasteiger partial charge in [-0.2, -0.15) is 0 Å². The van der Waals surface area contributed by atoms with E-state index in [1.807, 2.05) is 13.0 Å². The number of ether oxygens (including phenoxy) is 4. The van der Waals surface area contributed by atoms with Crippen molar-refractivity contribution in [3.8, 4) is 11.5 Å². The van der Waals surface area contributed by atoms with Gasteiger partial charge in [-0.25, -0.2) is 0 Å². The summed E-state index contributed by atoms with van der Waals surface area (Å²) >= 11 is 0. The normalized spacial score (nSPS) is 27.7. The Kier molecular flexibility index (Phi) is 5.09. The Morgan fingerprint density at radius 2 is 1.96 bits per heavy atom. The largest absolute Gasteiger partial charge is 0.497 e. The van der Waals surface area contributed by atoms with E-state index in [4.69, 9.17) is 18.9 Å². The van der Waals surface area contributed by atoms with Crippen LogP contribution in [0.3, 0.4) is 0 Å². The first-order chi connectivity index (χ1) is 11.2.